The number of nitrogens with one attached hydrogen (secondary N) is 2. The Morgan fingerprint density at radius 2 is 1.60 bits per heavy atom. The number of unbranched alkanes of at least 4 members (excludes halogenated alkanes) is 2. The van der Waals surface area contributed by atoms with Crippen LogP contribution in [0.25, 0.3) is 11.1 Å². The zero-order chi connectivity index (χ0) is 32.0. The molecule has 0 saturated carbocycles. The van der Waals surface area contributed by atoms with Gasteiger partial charge in [0.2, 0.25) is 11.8 Å². The Morgan fingerprint density at radius 3 is 2.33 bits per heavy atom. The van der Waals surface area contributed by atoms with E-state index in [0.717, 1.165) is 58.4 Å². The summed E-state index contributed by atoms with van der Waals surface area (Å²) in [6.45, 7) is 4.87. The van der Waals surface area contributed by atoms with Crippen molar-refractivity contribution in [3.8, 4) is 11.1 Å². The lowest BCUT2D eigenvalue weighted by Gasteiger charge is -2.41. The van der Waals surface area contributed by atoms with E-state index in [-0.39, 0.29) is 43.2 Å². The van der Waals surface area contributed by atoms with Crippen LogP contribution in [-0.2, 0) is 32.2 Å². The lowest BCUT2D eigenvalue weighted by atomic mass is 9.91. The largest absolute Gasteiger partial charge is 0.396 e. The van der Waals surface area contributed by atoms with Crippen molar-refractivity contribution >= 4 is 23.6 Å². The maximum Gasteiger partial charge on any atom is 0.220 e. The van der Waals surface area contributed by atoms with Crippen LogP contribution in [0.1, 0.15) is 74.2 Å². The fraction of sp³-hybridized carbons (Fsp3) is 0.444. The predicted octanol–water partition coefficient (Wildman–Crippen LogP) is 5.68. The van der Waals surface area contributed by atoms with Crippen molar-refractivity contribution < 1.29 is 29.3 Å². The molecule has 1 heterocycles. The van der Waals surface area contributed by atoms with Crippen LogP contribution in [0.3, 0.4) is 0 Å². The number of aliphatic hydroxyl groups excluding tert-OH is 2. The van der Waals surface area contributed by atoms with E-state index in [2.05, 4.69) is 41.8 Å². The van der Waals surface area contributed by atoms with E-state index in [1.54, 1.807) is 11.8 Å². The molecule has 4 atom stereocenters. The molecule has 242 valence electrons. The van der Waals surface area contributed by atoms with Crippen molar-refractivity contribution in [1.29, 1.82) is 0 Å². The Kier molecular flexibility index (Phi) is 13.9. The maximum atomic E-state index is 12.4. The maximum absolute atomic E-state index is 12.4. The van der Waals surface area contributed by atoms with Crippen LogP contribution >= 0.6 is 11.8 Å². The molecule has 9 heteroatoms. The fourth-order valence-corrected chi connectivity index (χ4v) is 6.35. The molecule has 1 fully saturated rings. The standard InChI is InChI=1S/C36H46N2O6S/c1-25-33(24-45-19-18-39)43-36(44-35(25)29-15-13-27(23-40)14-16-29)32-11-7-10-31(21-32)30-9-6-8-28(20-30)22-38-34(42)12-4-3-5-17-37-26(2)41/h6-11,13-16,20-21,25,33,35-36,39-40H,3-5,12,17-19,22-24H2,1-2H3,(H,37,41)(H,38,42)/t25-,33+,35+,36+/m1/s1. The molecule has 0 bridgehead atoms. The number of rotatable bonds is 16. The first-order valence-corrected chi connectivity index (χ1v) is 16.9. The summed E-state index contributed by atoms with van der Waals surface area (Å²) in [5.41, 5.74) is 5.91. The highest BCUT2D eigenvalue weighted by Gasteiger charge is 2.38. The van der Waals surface area contributed by atoms with Crippen molar-refractivity contribution in [2.24, 2.45) is 5.92 Å². The second kappa shape index (κ2) is 18.1. The van der Waals surface area contributed by atoms with Crippen LogP contribution in [0.5, 0.6) is 0 Å². The molecule has 0 unspecified atom stereocenters. The molecule has 8 nitrogen and oxygen atoms in total. The Labute approximate surface area is 270 Å². The van der Waals surface area contributed by atoms with Crippen LogP contribution in [0.4, 0.5) is 0 Å². The van der Waals surface area contributed by atoms with Gasteiger partial charge in [-0.3, -0.25) is 9.59 Å². The van der Waals surface area contributed by atoms with Gasteiger partial charge in [0.25, 0.3) is 0 Å². The molecule has 3 aromatic carbocycles. The predicted molar refractivity (Wildman–Crippen MR) is 178 cm³/mol. The van der Waals surface area contributed by atoms with Gasteiger partial charge >= 0.3 is 0 Å². The lowest BCUT2D eigenvalue weighted by molar-refractivity contribution is -0.268. The Hall–Kier alpha value is -3.21. The Bertz CT molecular complexity index is 1370. The summed E-state index contributed by atoms with van der Waals surface area (Å²) < 4.78 is 13.2. The highest BCUT2D eigenvalue weighted by molar-refractivity contribution is 7.99. The van der Waals surface area contributed by atoms with Crippen molar-refractivity contribution in [2.45, 2.75) is 71.2 Å². The van der Waals surface area contributed by atoms with Gasteiger partial charge in [0.15, 0.2) is 6.29 Å². The van der Waals surface area contributed by atoms with E-state index in [9.17, 15) is 19.8 Å². The second-order valence-electron chi connectivity index (χ2n) is 11.5. The molecular weight excluding hydrogens is 588 g/mol. The first kappa shape index (κ1) is 34.7. The highest BCUT2D eigenvalue weighted by Crippen LogP contribution is 2.43. The number of aliphatic hydroxyl groups is 2. The van der Waals surface area contributed by atoms with Crippen molar-refractivity contribution in [3.05, 3.63) is 95.1 Å². The van der Waals surface area contributed by atoms with Crippen LogP contribution in [0, 0.1) is 5.92 Å². The molecule has 1 saturated heterocycles. The van der Waals surface area contributed by atoms with Gasteiger partial charge in [0, 0.05) is 49.4 Å². The number of hydrogen-bond acceptors (Lipinski definition) is 7. The third-order valence-corrected chi connectivity index (χ3v) is 9.04. The molecule has 1 aliphatic rings. The summed E-state index contributed by atoms with van der Waals surface area (Å²) >= 11 is 1.67. The number of amides is 2. The molecule has 2 amide bonds. The monoisotopic (exact) mass is 634 g/mol. The number of hydrogen-bond donors (Lipinski definition) is 4. The van der Waals surface area contributed by atoms with Gasteiger partial charge in [-0.25, -0.2) is 0 Å². The number of benzene rings is 3. The molecule has 4 N–H and O–H groups in total. The summed E-state index contributed by atoms with van der Waals surface area (Å²) in [6, 6.07) is 24.3. The topological polar surface area (TPSA) is 117 Å². The van der Waals surface area contributed by atoms with E-state index < -0.39 is 6.29 Å². The fourth-order valence-electron chi connectivity index (χ4n) is 5.44. The average molecular weight is 635 g/mol. The summed E-state index contributed by atoms with van der Waals surface area (Å²) in [6.07, 6.45) is 2.19. The molecule has 45 heavy (non-hydrogen) atoms. The Morgan fingerprint density at radius 1 is 0.844 bits per heavy atom. The lowest BCUT2D eigenvalue weighted by Crippen LogP contribution is -2.38. The SMILES string of the molecule is CC(=O)NCCCCCC(=O)NCc1cccc(-c2cccc([C@H]3O[C@@H](CSCCO)[C@@H](C)[C@@H](c4ccc(CO)cc4)O3)c2)c1. The first-order valence-electron chi connectivity index (χ1n) is 15.8. The van der Waals surface area contributed by atoms with Crippen molar-refractivity contribution in [2.75, 3.05) is 24.7 Å². The average Bonchev–Trinajstić information content (AvgIpc) is 3.06. The van der Waals surface area contributed by atoms with E-state index >= 15 is 0 Å². The molecule has 0 aromatic heterocycles. The van der Waals surface area contributed by atoms with E-state index in [0.29, 0.717) is 25.3 Å². The summed E-state index contributed by atoms with van der Waals surface area (Å²) in [5.74, 6) is 1.49. The van der Waals surface area contributed by atoms with Crippen LogP contribution in [0.15, 0.2) is 72.8 Å². The van der Waals surface area contributed by atoms with Gasteiger partial charge in [-0.15, -0.1) is 0 Å². The molecule has 0 radical (unpaired) electrons. The van der Waals surface area contributed by atoms with Gasteiger partial charge in [0.05, 0.1) is 25.4 Å². The van der Waals surface area contributed by atoms with E-state index in [1.165, 1.54) is 6.92 Å². The highest BCUT2D eigenvalue weighted by atomic mass is 32.2. The minimum Gasteiger partial charge on any atom is -0.396 e. The molecule has 1 aliphatic heterocycles. The zero-order valence-corrected chi connectivity index (χ0v) is 27.1. The third-order valence-electron chi connectivity index (χ3n) is 8.00. The van der Waals surface area contributed by atoms with Gasteiger partial charge in [0.1, 0.15) is 0 Å². The van der Waals surface area contributed by atoms with Crippen LogP contribution < -0.4 is 10.6 Å². The van der Waals surface area contributed by atoms with E-state index in [1.807, 2.05) is 48.5 Å². The Balaban J connectivity index is 1.42. The minimum atomic E-state index is -0.566. The molecule has 4 rings (SSSR count). The summed E-state index contributed by atoms with van der Waals surface area (Å²) in [5, 5.41) is 24.6. The van der Waals surface area contributed by atoms with Crippen molar-refractivity contribution in [1.82, 2.24) is 10.6 Å². The van der Waals surface area contributed by atoms with Gasteiger partial charge in [-0.2, -0.15) is 11.8 Å². The number of ether oxygens (including phenoxy) is 2. The van der Waals surface area contributed by atoms with Gasteiger partial charge in [-0.1, -0.05) is 74.0 Å². The molecule has 0 aliphatic carbocycles. The summed E-state index contributed by atoms with van der Waals surface area (Å²) in [4.78, 5) is 23.3. The molecular formula is C36H46N2O6S. The zero-order valence-electron chi connectivity index (χ0n) is 26.2. The number of thioether (sulfide) groups is 1. The molecule has 3 aromatic rings. The van der Waals surface area contributed by atoms with Crippen LogP contribution in [-0.4, -0.2) is 52.8 Å². The minimum absolute atomic E-state index is 0.00396. The van der Waals surface area contributed by atoms with Crippen molar-refractivity contribution in [3.63, 3.8) is 0 Å². The van der Waals surface area contributed by atoms with E-state index in [4.69, 9.17) is 9.47 Å². The quantitative estimate of drug-likeness (QED) is 0.150. The number of carbonyl (C=O) groups excluding carboxylic acids is 2. The summed E-state index contributed by atoms with van der Waals surface area (Å²) in [7, 11) is 0. The van der Waals surface area contributed by atoms with Gasteiger partial charge < -0.3 is 30.3 Å². The third kappa shape index (κ3) is 10.7. The first-order chi connectivity index (χ1) is 21.9. The second-order valence-corrected chi connectivity index (χ2v) is 12.7. The smallest absolute Gasteiger partial charge is 0.220 e. The number of carbonyl (C=O) groups is 2. The van der Waals surface area contributed by atoms with Crippen LogP contribution in [0.2, 0.25) is 0 Å². The normalized spacial score (nSPS) is 19.6. The molecule has 0 spiro atoms. The van der Waals surface area contributed by atoms with Gasteiger partial charge in [-0.05, 0) is 52.8 Å².